The Morgan fingerprint density at radius 3 is 2.44 bits per heavy atom. The second kappa shape index (κ2) is 9.07. The molecule has 2 bridgehead atoms. The second-order valence-corrected chi connectivity index (χ2v) is 7.19. The van der Waals surface area contributed by atoms with Gasteiger partial charge in [-0.15, -0.1) is 24.0 Å². The maximum Gasteiger partial charge on any atom is 0.391 e. The average molecular weight is 475 g/mol. The first-order valence-electron chi connectivity index (χ1n) is 8.96. The van der Waals surface area contributed by atoms with E-state index < -0.39 is 12.1 Å². The first kappa shape index (κ1) is 21.0. The summed E-state index contributed by atoms with van der Waals surface area (Å²) in [6.45, 7) is 6.34. The minimum absolute atomic E-state index is 0. The maximum absolute atomic E-state index is 12.9. The molecule has 3 atom stereocenters. The van der Waals surface area contributed by atoms with Crippen molar-refractivity contribution in [1.82, 2.24) is 20.4 Å². The number of halogens is 4. The molecule has 0 aromatic carbocycles. The molecule has 0 aromatic heterocycles. The van der Waals surface area contributed by atoms with E-state index in [0.29, 0.717) is 18.4 Å². The summed E-state index contributed by atoms with van der Waals surface area (Å²) in [4.78, 5) is 9.15. The number of hydrogen-bond acceptors (Lipinski definition) is 3. The van der Waals surface area contributed by atoms with Gasteiger partial charge >= 0.3 is 6.18 Å². The monoisotopic (exact) mass is 475 g/mol. The number of rotatable bonds is 3. The fourth-order valence-electron chi connectivity index (χ4n) is 4.14. The minimum atomic E-state index is -4.08. The van der Waals surface area contributed by atoms with Gasteiger partial charge in [0.1, 0.15) is 0 Å². The lowest BCUT2D eigenvalue weighted by molar-refractivity contribution is -0.183. The van der Waals surface area contributed by atoms with Gasteiger partial charge in [-0.25, -0.2) is 0 Å². The van der Waals surface area contributed by atoms with Crippen molar-refractivity contribution < 1.29 is 13.2 Å². The Bertz CT molecular complexity index is 452. The number of hydrogen-bond donors (Lipinski definition) is 2. The molecule has 146 valence electrons. The zero-order valence-corrected chi connectivity index (χ0v) is 17.0. The number of alkyl halides is 3. The van der Waals surface area contributed by atoms with Crippen molar-refractivity contribution in [1.29, 1.82) is 0 Å². The number of aliphatic imine (C=N–C) groups is 1. The summed E-state index contributed by atoms with van der Waals surface area (Å²) in [5.41, 5.74) is 0. The molecule has 5 nitrogen and oxygen atoms in total. The van der Waals surface area contributed by atoms with Crippen molar-refractivity contribution in [2.24, 2.45) is 10.9 Å². The highest BCUT2D eigenvalue weighted by atomic mass is 127. The molecule has 3 unspecified atom stereocenters. The average Bonchev–Trinajstić information content (AvgIpc) is 2.59. The van der Waals surface area contributed by atoms with Gasteiger partial charge in [-0.05, 0) is 19.3 Å². The smallest absolute Gasteiger partial charge is 0.355 e. The van der Waals surface area contributed by atoms with Crippen LogP contribution in [0.2, 0.25) is 0 Å². The number of piperazine rings is 3. The zero-order chi connectivity index (χ0) is 17.2. The molecular formula is C16H29F3IN5. The third-order valence-corrected chi connectivity index (χ3v) is 5.60. The summed E-state index contributed by atoms with van der Waals surface area (Å²) < 4.78 is 38.8. The first-order valence-corrected chi connectivity index (χ1v) is 8.96. The molecule has 1 aliphatic carbocycles. The van der Waals surface area contributed by atoms with Crippen LogP contribution < -0.4 is 10.6 Å². The Balaban J connectivity index is 0.00000225. The molecule has 0 spiro atoms. The lowest BCUT2D eigenvalue weighted by Crippen LogP contribution is -2.64. The maximum atomic E-state index is 12.9. The highest BCUT2D eigenvalue weighted by Gasteiger charge is 2.42. The topological polar surface area (TPSA) is 42.9 Å². The Hall–Kier alpha value is -0.290. The van der Waals surface area contributed by atoms with Gasteiger partial charge in [0.05, 0.1) is 5.92 Å². The van der Waals surface area contributed by atoms with E-state index in [1.54, 1.807) is 7.05 Å². The molecule has 2 N–H and O–H groups in total. The fourth-order valence-corrected chi connectivity index (χ4v) is 4.14. The zero-order valence-electron chi connectivity index (χ0n) is 14.7. The van der Waals surface area contributed by atoms with Gasteiger partial charge in [0, 0.05) is 58.4 Å². The van der Waals surface area contributed by atoms with Crippen LogP contribution in [0, 0.1) is 5.92 Å². The first-order chi connectivity index (χ1) is 11.5. The normalized spacial score (nSPS) is 35.8. The van der Waals surface area contributed by atoms with Crippen LogP contribution in [0.4, 0.5) is 13.2 Å². The molecule has 3 aliphatic heterocycles. The minimum Gasteiger partial charge on any atom is -0.355 e. The molecule has 25 heavy (non-hydrogen) atoms. The second-order valence-electron chi connectivity index (χ2n) is 7.19. The fraction of sp³-hybridized carbons (Fsp3) is 0.938. The van der Waals surface area contributed by atoms with Crippen molar-refractivity contribution in [2.75, 3.05) is 46.3 Å². The molecule has 0 radical (unpaired) electrons. The highest BCUT2D eigenvalue weighted by molar-refractivity contribution is 14.0. The largest absolute Gasteiger partial charge is 0.391 e. The van der Waals surface area contributed by atoms with Gasteiger partial charge in [-0.3, -0.25) is 14.8 Å². The van der Waals surface area contributed by atoms with Crippen molar-refractivity contribution in [3.8, 4) is 0 Å². The van der Waals surface area contributed by atoms with Crippen molar-refractivity contribution >= 4 is 29.9 Å². The summed E-state index contributed by atoms with van der Waals surface area (Å²) in [7, 11) is 1.68. The van der Waals surface area contributed by atoms with Crippen molar-refractivity contribution in [2.45, 2.75) is 43.9 Å². The van der Waals surface area contributed by atoms with E-state index in [2.05, 4.69) is 25.4 Å². The van der Waals surface area contributed by atoms with Crippen LogP contribution in [0.5, 0.6) is 0 Å². The third-order valence-electron chi connectivity index (χ3n) is 5.60. The number of nitrogens with zero attached hydrogens (tertiary/aromatic N) is 3. The molecule has 1 saturated carbocycles. The third kappa shape index (κ3) is 5.59. The number of nitrogens with one attached hydrogen (secondary N) is 2. The van der Waals surface area contributed by atoms with E-state index in [-0.39, 0.29) is 42.9 Å². The predicted molar refractivity (Wildman–Crippen MR) is 104 cm³/mol. The van der Waals surface area contributed by atoms with E-state index >= 15 is 0 Å². The van der Waals surface area contributed by atoms with Crippen LogP contribution in [0.25, 0.3) is 0 Å². The van der Waals surface area contributed by atoms with Crippen molar-refractivity contribution in [3.63, 3.8) is 0 Å². The standard InChI is InChI=1S/C16H28F3N5.HI/c1-20-15(21-10-14-11-23-5-7-24(14)8-6-23)22-13-4-2-3-12(9-13)16(17,18)19;/h12-14H,2-11H2,1H3,(H2,20,21,22);1H. The van der Waals surface area contributed by atoms with Gasteiger partial charge in [-0.2, -0.15) is 13.2 Å². The van der Waals surface area contributed by atoms with E-state index in [0.717, 1.165) is 45.7 Å². The van der Waals surface area contributed by atoms with Gasteiger partial charge in [-0.1, -0.05) is 6.42 Å². The Morgan fingerprint density at radius 1 is 1.16 bits per heavy atom. The summed E-state index contributed by atoms with van der Waals surface area (Å²) in [6.07, 6.45) is -2.30. The van der Waals surface area contributed by atoms with Crippen molar-refractivity contribution in [3.05, 3.63) is 0 Å². The predicted octanol–water partition coefficient (Wildman–Crippen LogP) is 1.89. The van der Waals surface area contributed by atoms with Crippen LogP contribution >= 0.6 is 24.0 Å². The van der Waals surface area contributed by atoms with E-state index in [1.807, 2.05) is 0 Å². The summed E-state index contributed by atoms with van der Waals surface area (Å²) in [5, 5.41) is 6.51. The molecular weight excluding hydrogens is 446 g/mol. The Kier molecular flexibility index (Phi) is 7.63. The molecule has 9 heteroatoms. The number of fused-ring (bicyclic) bond motifs is 3. The van der Waals surface area contributed by atoms with Gasteiger partial charge in [0.15, 0.2) is 5.96 Å². The lowest BCUT2D eigenvalue weighted by Gasteiger charge is -2.47. The Morgan fingerprint density at radius 2 is 1.88 bits per heavy atom. The summed E-state index contributed by atoms with van der Waals surface area (Å²) in [6, 6.07) is 0.309. The van der Waals surface area contributed by atoms with Crippen LogP contribution in [-0.4, -0.2) is 80.3 Å². The van der Waals surface area contributed by atoms with Crippen LogP contribution in [0.3, 0.4) is 0 Å². The van der Waals surface area contributed by atoms with E-state index in [1.165, 1.54) is 0 Å². The van der Waals surface area contributed by atoms with Gasteiger partial charge in [0.25, 0.3) is 0 Å². The van der Waals surface area contributed by atoms with Gasteiger partial charge < -0.3 is 10.6 Å². The van der Waals surface area contributed by atoms with Gasteiger partial charge in [0.2, 0.25) is 0 Å². The molecule has 4 fully saturated rings. The summed E-state index contributed by atoms with van der Waals surface area (Å²) >= 11 is 0. The molecule has 0 amide bonds. The van der Waals surface area contributed by atoms with Crippen LogP contribution in [-0.2, 0) is 0 Å². The molecule has 4 aliphatic rings. The summed E-state index contributed by atoms with van der Waals surface area (Å²) in [5.74, 6) is -0.560. The molecule has 0 aromatic rings. The highest BCUT2D eigenvalue weighted by Crippen LogP contribution is 2.37. The molecule has 3 saturated heterocycles. The Labute approximate surface area is 164 Å². The quantitative estimate of drug-likeness (QED) is 0.372. The van der Waals surface area contributed by atoms with E-state index in [9.17, 15) is 13.2 Å². The van der Waals surface area contributed by atoms with Crippen LogP contribution in [0.15, 0.2) is 4.99 Å². The van der Waals surface area contributed by atoms with E-state index in [4.69, 9.17) is 0 Å². The molecule has 3 heterocycles. The van der Waals surface area contributed by atoms with Crippen LogP contribution in [0.1, 0.15) is 25.7 Å². The number of guanidine groups is 1. The molecule has 4 rings (SSSR count). The SMILES string of the molecule is CN=C(NCC1CN2CCN1CC2)NC1CCCC(C(F)(F)F)C1.I. The lowest BCUT2D eigenvalue weighted by atomic mass is 9.85.